The summed E-state index contributed by atoms with van der Waals surface area (Å²) < 4.78 is 16.9. The molecule has 426 valence electrons. The van der Waals surface area contributed by atoms with Crippen molar-refractivity contribution in [1.82, 2.24) is 0 Å². The van der Waals surface area contributed by atoms with Crippen LogP contribution < -0.4 is 0 Å². The molecule has 0 N–H and O–H groups in total. The number of esters is 3. The van der Waals surface area contributed by atoms with Gasteiger partial charge in [0.1, 0.15) is 13.2 Å². The largest absolute Gasteiger partial charge is 0.462 e. The Kier molecular flexibility index (Phi) is 59.3. The van der Waals surface area contributed by atoms with Crippen molar-refractivity contribution in [2.24, 2.45) is 0 Å². The Hall–Kier alpha value is -3.41. The molecule has 0 fully saturated rings. The number of rotatable bonds is 57. The van der Waals surface area contributed by atoms with Gasteiger partial charge in [0.25, 0.3) is 0 Å². The van der Waals surface area contributed by atoms with E-state index in [1.54, 1.807) is 0 Å². The summed E-state index contributed by atoms with van der Waals surface area (Å²) in [6.45, 7) is 6.52. The molecule has 1 atom stereocenters. The molecular formula is C68H118O6. The Morgan fingerprint density at radius 3 is 0.865 bits per heavy atom. The van der Waals surface area contributed by atoms with Gasteiger partial charge in [-0.2, -0.15) is 0 Å². The van der Waals surface area contributed by atoms with Crippen LogP contribution >= 0.6 is 0 Å². The quantitative estimate of drug-likeness (QED) is 0.0261. The van der Waals surface area contributed by atoms with Crippen LogP contribution in [0.1, 0.15) is 310 Å². The fourth-order valence-electron chi connectivity index (χ4n) is 8.91. The molecule has 0 aromatic carbocycles. The van der Waals surface area contributed by atoms with E-state index in [9.17, 15) is 14.4 Å². The van der Waals surface area contributed by atoms with Crippen LogP contribution in [0.25, 0.3) is 0 Å². The Morgan fingerprint density at radius 2 is 0.527 bits per heavy atom. The van der Waals surface area contributed by atoms with Crippen molar-refractivity contribution in [2.75, 3.05) is 13.2 Å². The molecule has 0 bridgehead atoms. The fourth-order valence-corrected chi connectivity index (χ4v) is 8.91. The molecule has 0 amide bonds. The topological polar surface area (TPSA) is 78.9 Å². The van der Waals surface area contributed by atoms with Gasteiger partial charge in [-0.1, -0.05) is 279 Å². The van der Waals surface area contributed by atoms with E-state index in [2.05, 4.69) is 106 Å². The zero-order chi connectivity index (χ0) is 53.6. The maximum atomic E-state index is 12.8. The van der Waals surface area contributed by atoms with Crippen LogP contribution in [-0.2, 0) is 28.6 Å². The molecule has 0 rings (SSSR count). The van der Waals surface area contributed by atoms with E-state index >= 15 is 0 Å². The molecule has 74 heavy (non-hydrogen) atoms. The standard InChI is InChI=1S/C68H118O6/c1-4-7-10-13-16-19-22-25-26-27-28-29-30-31-32-33-34-35-36-37-38-39-40-41-42-44-46-49-52-55-58-61-67(70)73-64-65(63-72-66(69)60-57-54-51-48-45-24-21-18-15-12-9-6-3)74-68(71)62-59-56-53-50-47-43-23-20-17-14-11-8-5-2/h7,10,16,18-19,21,25-26,28-29,31-32,34-35,65H,4-6,8-9,11-15,17,20,22-24,27,30,33,36-64H2,1-3H3/b10-7-,19-16-,21-18-,26-25-,29-28-,32-31-,35-34-. The number of carbonyl (C=O) groups excluding carboxylic acids is 3. The number of hydrogen-bond acceptors (Lipinski definition) is 6. The number of ether oxygens (including phenoxy) is 3. The van der Waals surface area contributed by atoms with Crippen LogP contribution in [0.5, 0.6) is 0 Å². The van der Waals surface area contributed by atoms with E-state index in [-0.39, 0.29) is 31.1 Å². The second-order valence-electron chi connectivity index (χ2n) is 20.9. The van der Waals surface area contributed by atoms with Gasteiger partial charge in [0.05, 0.1) is 0 Å². The van der Waals surface area contributed by atoms with E-state index in [0.29, 0.717) is 19.3 Å². The normalized spacial score (nSPS) is 12.6. The average molecular weight is 1030 g/mol. The third-order valence-electron chi connectivity index (χ3n) is 13.6. The van der Waals surface area contributed by atoms with E-state index in [4.69, 9.17) is 14.2 Å². The fraction of sp³-hybridized carbons (Fsp3) is 0.750. The van der Waals surface area contributed by atoms with Crippen LogP contribution in [0, 0.1) is 0 Å². The third kappa shape index (κ3) is 59.5. The number of allylic oxidation sites excluding steroid dienone is 14. The molecule has 0 saturated carbocycles. The summed E-state index contributed by atoms with van der Waals surface area (Å²) in [4.78, 5) is 38.2. The van der Waals surface area contributed by atoms with Crippen LogP contribution in [-0.4, -0.2) is 37.2 Å². The summed E-state index contributed by atoms with van der Waals surface area (Å²) in [5, 5.41) is 0. The second kappa shape index (κ2) is 62.1. The Balaban J connectivity index is 4.17. The Morgan fingerprint density at radius 1 is 0.284 bits per heavy atom. The smallest absolute Gasteiger partial charge is 0.306 e. The third-order valence-corrected chi connectivity index (χ3v) is 13.6. The van der Waals surface area contributed by atoms with Gasteiger partial charge in [-0.25, -0.2) is 0 Å². The van der Waals surface area contributed by atoms with Crippen LogP contribution in [0.15, 0.2) is 85.1 Å². The summed E-state index contributed by atoms with van der Waals surface area (Å²) in [7, 11) is 0. The van der Waals surface area contributed by atoms with Gasteiger partial charge in [0.2, 0.25) is 0 Å². The predicted octanol–water partition coefficient (Wildman–Crippen LogP) is 21.5. The molecule has 0 aliphatic rings. The first-order chi connectivity index (χ1) is 36.5. The Labute approximate surface area is 458 Å². The van der Waals surface area contributed by atoms with E-state index in [1.165, 1.54) is 167 Å². The molecule has 0 aromatic heterocycles. The summed E-state index contributed by atoms with van der Waals surface area (Å²) in [5.74, 6) is -0.876. The highest BCUT2D eigenvalue weighted by Crippen LogP contribution is 2.16. The molecule has 0 spiro atoms. The molecule has 1 unspecified atom stereocenters. The molecule has 0 heterocycles. The SMILES string of the molecule is CC/C=C\C/C=C\C/C=C\C/C=C\C/C=C\C/C=C\CCCCCCCCCCCCCCC(=O)OCC(COC(=O)CCCCCCC/C=C\CCCCC)OC(=O)CCCCCCCCCCCCCCC. The summed E-state index contributed by atoms with van der Waals surface area (Å²) >= 11 is 0. The maximum absolute atomic E-state index is 12.8. The van der Waals surface area contributed by atoms with Crippen molar-refractivity contribution in [2.45, 2.75) is 316 Å². The highest BCUT2D eigenvalue weighted by Gasteiger charge is 2.19. The summed E-state index contributed by atoms with van der Waals surface area (Å²) in [6.07, 6.45) is 81.6. The van der Waals surface area contributed by atoms with Crippen molar-refractivity contribution in [3.05, 3.63) is 85.1 Å². The maximum Gasteiger partial charge on any atom is 0.306 e. The van der Waals surface area contributed by atoms with E-state index < -0.39 is 6.10 Å². The lowest BCUT2D eigenvalue weighted by Gasteiger charge is -2.18. The van der Waals surface area contributed by atoms with Crippen molar-refractivity contribution in [1.29, 1.82) is 0 Å². The molecule has 0 aromatic rings. The highest BCUT2D eigenvalue weighted by molar-refractivity contribution is 5.71. The van der Waals surface area contributed by atoms with Crippen LogP contribution in [0.3, 0.4) is 0 Å². The lowest BCUT2D eigenvalue weighted by Crippen LogP contribution is -2.30. The molecule has 0 aliphatic carbocycles. The van der Waals surface area contributed by atoms with Crippen molar-refractivity contribution in [3.63, 3.8) is 0 Å². The van der Waals surface area contributed by atoms with Crippen molar-refractivity contribution in [3.8, 4) is 0 Å². The number of hydrogen-bond donors (Lipinski definition) is 0. The molecule has 6 heteroatoms. The van der Waals surface area contributed by atoms with Gasteiger partial charge in [-0.05, 0) is 96.3 Å². The number of unbranched alkanes of at least 4 members (excludes halogenated alkanes) is 32. The minimum Gasteiger partial charge on any atom is -0.462 e. The minimum absolute atomic E-state index is 0.0764. The molecule has 0 saturated heterocycles. The van der Waals surface area contributed by atoms with Gasteiger partial charge >= 0.3 is 17.9 Å². The van der Waals surface area contributed by atoms with E-state index in [0.717, 1.165) is 103 Å². The van der Waals surface area contributed by atoms with Crippen LogP contribution in [0.2, 0.25) is 0 Å². The summed E-state index contributed by atoms with van der Waals surface area (Å²) in [6, 6.07) is 0. The van der Waals surface area contributed by atoms with E-state index in [1.807, 2.05) is 0 Å². The zero-order valence-corrected chi connectivity index (χ0v) is 48.8. The van der Waals surface area contributed by atoms with Gasteiger partial charge in [0.15, 0.2) is 6.10 Å². The minimum atomic E-state index is -0.777. The lowest BCUT2D eigenvalue weighted by atomic mass is 10.0. The first kappa shape index (κ1) is 70.6. The highest BCUT2D eigenvalue weighted by atomic mass is 16.6. The van der Waals surface area contributed by atoms with Crippen LogP contribution in [0.4, 0.5) is 0 Å². The first-order valence-corrected chi connectivity index (χ1v) is 31.6. The molecule has 0 aliphatic heterocycles. The Bertz CT molecular complexity index is 1420. The predicted molar refractivity (Wildman–Crippen MR) is 321 cm³/mol. The second-order valence-corrected chi connectivity index (χ2v) is 20.9. The first-order valence-electron chi connectivity index (χ1n) is 31.6. The monoisotopic (exact) mass is 1030 g/mol. The average Bonchev–Trinajstić information content (AvgIpc) is 3.40. The molecular weight excluding hydrogens is 913 g/mol. The lowest BCUT2D eigenvalue weighted by molar-refractivity contribution is -0.167. The molecule has 0 radical (unpaired) electrons. The van der Waals surface area contributed by atoms with Crippen molar-refractivity contribution >= 4 is 17.9 Å². The van der Waals surface area contributed by atoms with Gasteiger partial charge in [-0.3, -0.25) is 14.4 Å². The van der Waals surface area contributed by atoms with Crippen molar-refractivity contribution < 1.29 is 28.6 Å². The number of carbonyl (C=O) groups is 3. The summed E-state index contributed by atoms with van der Waals surface area (Å²) in [5.41, 5.74) is 0. The van der Waals surface area contributed by atoms with Gasteiger partial charge < -0.3 is 14.2 Å². The molecule has 6 nitrogen and oxygen atoms in total. The van der Waals surface area contributed by atoms with Gasteiger partial charge in [0, 0.05) is 19.3 Å². The zero-order valence-electron chi connectivity index (χ0n) is 48.8. The van der Waals surface area contributed by atoms with Gasteiger partial charge in [-0.15, -0.1) is 0 Å².